The molecule has 1 heterocycles. The number of aliphatic hydroxyl groups excluding tert-OH is 1. The molecule has 0 aromatic heterocycles. The van der Waals surface area contributed by atoms with Crippen LogP contribution in [-0.4, -0.2) is 55.5 Å². The molecule has 0 radical (unpaired) electrons. The van der Waals surface area contributed by atoms with Gasteiger partial charge in [-0.3, -0.25) is 0 Å². The summed E-state index contributed by atoms with van der Waals surface area (Å²) in [5.41, 5.74) is 3.78. The van der Waals surface area contributed by atoms with Crippen LogP contribution in [0.2, 0.25) is 0 Å². The van der Waals surface area contributed by atoms with Crippen LogP contribution in [0.25, 0.3) is 0 Å². The molecule has 2 aromatic carbocycles. The average Bonchev–Trinajstić information content (AvgIpc) is 2.68. The van der Waals surface area contributed by atoms with E-state index in [2.05, 4.69) is 4.40 Å². The number of allylic oxidation sites excluding steroid dienone is 1. The minimum absolute atomic E-state index is 0.110. The van der Waals surface area contributed by atoms with Crippen molar-refractivity contribution >= 4 is 15.7 Å². The van der Waals surface area contributed by atoms with Gasteiger partial charge in [0, 0.05) is 24.2 Å². The van der Waals surface area contributed by atoms with Gasteiger partial charge >= 0.3 is 0 Å². The predicted octanol–water partition coefficient (Wildman–Crippen LogP) is 2.16. The number of aliphatic hydroxyl groups is 2. The Balaban J connectivity index is 1.93. The number of aryl methyl sites for hydroxylation is 3. The monoisotopic (exact) mass is 442 g/mol. The van der Waals surface area contributed by atoms with Crippen molar-refractivity contribution in [2.45, 2.75) is 31.5 Å². The molecular formula is C23H26N2O5S. The molecule has 1 fully saturated rings. The van der Waals surface area contributed by atoms with Crippen LogP contribution < -0.4 is 0 Å². The first kappa shape index (κ1) is 21.7. The highest BCUT2D eigenvalue weighted by atomic mass is 32.2. The van der Waals surface area contributed by atoms with Crippen LogP contribution in [0.3, 0.4) is 0 Å². The third-order valence-corrected chi connectivity index (χ3v) is 7.25. The van der Waals surface area contributed by atoms with E-state index >= 15 is 0 Å². The van der Waals surface area contributed by atoms with Crippen LogP contribution in [0.5, 0.6) is 0 Å². The number of hydrogen-bond acceptors (Lipinski definition) is 6. The van der Waals surface area contributed by atoms with Crippen LogP contribution >= 0.6 is 0 Å². The number of β-amino-alcohol motifs (C(OH)–C–C–N with tert-alkyl or cyclic N) is 1. The van der Waals surface area contributed by atoms with Gasteiger partial charge in [0.15, 0.2) is 0 Å². The van der Waals surface area contributed by atoms with Crippen LogP contribution in [0.1, 0.15) is 27.8 Å². The predicted molar refractivity (Wildman–Crippen MR) is 117 cm³/mol. The standard InChI is InChI=1S/C23H26N2O5S/c1-15-12-16(2)22(17(3)13-15)31(28,29)24-20-14-21-23(27,19-7-5-4-6-18(19)20)30-11-9-25(21)8-10-26/h4-7,12-14,26-27H,8-11H2,1-3H3/t23-/m1/s1. The molecule has 1 aliphatic heterocycles. The van der Waals surface area contributed by atoms with E-state index < -0.39 is 15.8 Å². The molecule has 0 unspecified atom stereocenters. The summed E-state index contributed by atoms with van der Waals surface area (Å²) in [6, 6.07) is 10.6. The fourth-order valence-electron chi connectivity index (χ4n) is 4.50. The van der Waals surface area contributed by atoms with Crippen LogP contribution in [0, 0.1) is 20.8 Å². The molecule has 7 nitrogen and oxygen atoms in total. The van der Waals surface area contributed by atoms with Gasteiger partial charge in [0.1, 0.15) is 0 Å². The SMILES string of the molecule is Cc1cc(C)c(S(=O)(=O)N=C2C=C3N(CCO)CCO[C@]3(O)c3ccccc32)c(C)c1. The van der Waals surface area contributed by atoms with Gasteiger partial charge in [-0.25, -0.2) is 0 Å². The van der Waals surface area contributed by atoms with E-state index in [1.807, 2.05) is 19.1 Å². The lowest BCUT2D eigenvalue weighted by Gasteiger charge is -2.45. The summed E-state index contributed by atoms with van der Waals surface area (Å²) in [6.45, 7) is 6.36. The molecule has 2 aromatic rings. The summed E-state index contributed by atoms with van der Waals surface area (Å²) in [4.78, 5) is 1.98. The van der Waals surface area contributed by atoms with Gasteiger partial charge in [0.05, 0.1) is 29.5 Å². The van der Waals surface area contributed by atoms with Crippen molar-refractivity contribution < 1.29 is 23.4 Å². The Hall–Kier alpha value is -2.52. The number of ether oxygens (including phenoxy) is 1. The highest BCUT2D eigenvalue weighted by Crippen LogP contribution is 2.41. The van der Waals surface area contributed by atoms with Gasteiger partial charge in [-0.15, -0.1) is 0 Å². The zero-order valence-corrected chi connectivity index (χ0v) is 18.6. The summed E-state index contributed by atoms with van der Waals surface area (Å²) >= 11 is 0. The number of fused-ring (bicyclic) bond motifs is 3. The molecule has 0 amide bonds. The van der Waals surface area contributed by atoms with E-state index in [-0.39, 0.29) is 30.4 Å². The second-order valence-corrected chi connectivity index (χ2v) is 9.50. The fraction of sp³-hybridized carbons (Fsp3) is 0.348. The van der Waals surface area contributed by atoms with Crippen LogP contribution in [0.4, 0.5) is 0 Å². The maximum Gasteiger partial charge on any atom is 0.283 e. The van der Waals surface area contributed by atoms with E-state index in [4.69, 9.17) is 4.74 Å². The lowest BCUT2D eigenvalue weighted by molar-refractivity contribution is -0.219. The van der Waals surface area contributed by atoms with Crippen molar-refractivity contribution in [3.63, 3.8) is 0 Å². The fourth-order valence-corrected chi connectivity index (χ4v) is 5.94. The van der Waals surface area contributed by atoms with Gasteiger partial charge in [0.25, 0.3) is 10.0 Å². The van der Waals surface area contributed by atoms with Crippen LogP contribution in [-0.2, 0) is 20.5 Å². The van der Waals surface area contributed by atoms with Crippen molar-refractivity contribution in [2.75, 3.05) is 26.3 Å². The maximum absolute atomic E-state index is 13.3. The Bertz CT molecular complexity index is 1180. The lowest BCUT2D eigenvalue weighted by atomic mass is 9.86. The molecule has 0 spiro atoms. The van der Waals surface area contributed by atoms with Gasteiger partial charge in [0.2, 0.25) is 5.79 Å². The lowest BCUT2D eigenvalue weighted by Crippen LogP contribution is -2.50. The van der Waals surface area contributed by atoms with Gasteiger partial charge in [-0.2, -0.15) is 12.8 Å². The third-order valence-electron chi connectivity index (χ3n) is 5.65. The molecule has 8 heteroatoms. The Kier molecular flexibility index (Phi) is 5.51. The summed E-state index contributed by atoms with van der Waals surface area (Å²) in [6.07, 6.45) is 1.55. The van der Waals surface area contributed by atoms with Crippen molar-refractivity contribution in [3.05, 3.63) is 76.0 Å². The Labute approximate surface area is 182 Å². The number of benzene rings is 2. The molecule has 31 heavy (non-hydrogen) atoms. The average molecular weight is 443 g/mol. The maximum atomic E-state index is 13.3. The Morgan fingerprint density at radius 2 is 1.84 bits per heavy atom. The van der Waals surface area contributed by atoms with Gasteiger partial charge < -0.3 is 19.8 Å². The van der Waals surface area contributed by atoms with Crippen molar-refractivity contribution in [3.8, 4) is 0 Å². The van der Waals surface area contributed by atoms with E-state index in [9.17, 15) is 18.6 Å². The second-order valence-electron chi connectivity index (χ2n) is 7.96. The first-order valence-electron chi connectivity index (χ1n) is 10.1. The number of hydrogen-bond donors (Lipinski definition) is 2. The first-order chi connectivity index (χ1) is 14.7. The zero-order valence-electron chi connectivity index (χ0n) is 17.8. The van der Waals surface area contributed by atoms with Crippen molar-refractivity contribution in [1.29, 1.82) is 0 Å². The van der Waals surface area contributed by atoms with Crippen LogP contribution in [0.15, 0.2) is 57.5 Å². The Morgan fingerprint density at radius 3 is 2.52 bits per heavy atom. The summed E-state index contributed by atoms with van der Waals surface area (Å²) in [7, 11) is -4.02. The smallest absolute Gasteiger partial charge is 0.283 e. The number of sulfonamides is 1. The van der Waals surface area contributed by atoms with Crippen molar-refractivity contribution in [1.82, 2.24) is 4.90 Å². The molecule has 2 aliphatic rings. The first-order valence-corrected chi connectivity index (χ1v) is 11.6. The minimum Gasteiger partial charge on any atom is -0.395 e. The largest absolute Gasteiger partial charge is 0.395 e. The minimum atomic E-state index is -4.02. The summed E-state index contributed by atoms with van der Waals surface area (Å²) < 4.78 is 36.6. The molecule has 1 saturated heterocycles. The van der Waals surface area contributed by atoms with Gasteiger partial charge in [-0.1, -0.05) is 42.0 Å². The number of morpholine rings is 1. The van der Waals surface area contributed by atoms with E-state index in [0.717, 1.165) is 5.56 Å². The summed E-state index contributed by atoms with van der Waals surface area (Å²) in [5.74, 6) is -1.72. The third kappa shape index (κ3) is 3.70. The highest BCUT2D eigenvalue weighted by molar-refractivity contribution is 7.90. The molecule has 164 valence electrons. The topological polar surface area (TPSA) is 99.4 Å². The number of nitrogens with zero attached hydrogens (tertiary/aromatic N) is 2. The zero-order chi connectivity index (χ0) is 22.4. The van der Waals surface area contributed by atoms with E-state index in [1.165, 1.54) is 0 Å². The molecule has 4 rings (SSSR count). The molecule has 0 bridgehead atoms. The molecule has 1 atom stereocenters. The van der Waals surface area contributed by atoms with Crippen molar-refractivity contribution in [2.24, 2.45) is 4.40 Å². The quantitative estimate of drug-likeness (QED) is 0.753. The normalized spacial score (nSPS) is 22.2. The highest BCUT2D eigenvalue weighted by Gasteiger charge is 2.46. The molecule has 2 N–H and O–H groups in total. The molecule has 0 saturated carbocycles. The molecule has 1 aliphatic carbocycles. The van der Waals surface area contributed by atoms with E-state index in [1.54, 1.807) is 49.1 Å². The van der Waals surface area contributed by atoms with Gasteiger partial charge in [-0.05, 0) is 38.0 Å². The van der Waals surface area contributed by atoms with E-state index in [0.29, 0.717) is 34.5 Å². The number of rotatable bonds is 4. The molecular weight excluding hydrogens is 416 g/mol. The Morgan fingerprint density at radius 1 is 1.16 bits per heavy atom. The second kappa shape index (κ2) is 7.87. The summed E-state index contributed by atoms with van der Waals surface area (Å²) in [5, 5.41) is 20.8.